The highest BCUT2D eigenvalue weighted by Gasteiger charge is 2.14. The van der Waals surface area contributed by atoms with Gasteiger partial charge in [-0.1, -0.05) is 37.1 Å². The molecule has 1 aromatic heterocycles. The Hall–Kier alpha value is -1.43. The first-order chi connectivity index (χ1) is 10.1. The Morgan fingerprint density at radius 1 is 1.52 bits per heavy atom. The normalized spacial score (nSPS) is 12.1. The molecule has 0 spiro atoms. The molecule has 0 aliphatic carbocycles. The summed E-state index contributed by atoms with van der Waals surface area (Å²) in [5.41, 5.74) is 7.37. The fourth-order valence-electron chi connectivity index (χ4n) is 1.92. The van der Waals surface area contributed by atoms with Gasteiger partial charge in [0.15, 0.2) is 0 Å². The fraction of sp³-hybridized carbons (Fsp3) is 0.333. The lowest BCUT2D eigenvalue weighted by Crippen LogP contribution is -2.23. The van der Waals surface area contributed by atoms with E-state index >= 15 is 0 Å². The molecule has 0 bridgehead atoms. The Bertz CT molecular complexity index is 614. The Balaban J connectivity index is 1.94. The molecule has 1 heterocycles. The summed E-state index contributed by atoms with van der Waals surface area (Å²) in [7, 11) is 0. The van der Waals surface area contributed by atoms with Crippen molar-refractivity contribution in [3.8, 4) is 0 Å². The maximum absolute atomic E-state index is 12.1. The van der Waals surface area contributed by atoms with E-state index in [-0.39, 0.29) is 11.9 Å². The van der Waals surface area contributed by atoms with Crippen molar-refractivity contribution in [3.63, 3.8) is 0 Å². The second-order valence-electron chi connectivity index (χ2n) is 4.78. The smallest absolute Gasteiger partial charge is 0.271 e. The van der Waals surface area contributed by atoms with Crippen molar-refractivity contribution in [2.45, 2.75) is 32.4 Å². The zero-order valence-corrected chi connectivity index (χ0v) is 13.4. The zero-order valence-electron chi connectivity index (χ0n) is 11.8. The van der Waals surface area contributed by atoms with E-state index in [1.807, 2.05) is 18.2 Å². The second kappa shape index (κ2) is 7.54. The predicted octanol–water partition coefficient (Wildman–Crippen LogP) is 3.53. The molecular formula is C15H18ClN3OS. The molecule has 1 amide bonds. The van der Waals surface area contributed by atoms with Crippen LogP contribution in [0.1, 0.15) is 46.9 Å². The van der Waals surface area contributed by atoms with Crippen molar-refractivity contribution in [2.75, 3.05) is 0 Å². The van der Waals surface area contributed by atoms with Gasteiger partial charge in [0.05, 0.1) is 6.04 Å². The van der Waals surface area contributed by atoms with Gasteiger partial charge in [0.25, 0.3) is 5.91 Å². The minimum atomic E-state index is -0.193. The van der Waals surface area contributed by atoms with E-state index in [0.717, 1.165) is 23.4 Å². The largest absolute Gasteiger partial charge is 0.347 e. The van der Waals surface area contributed by atoms with E-state index in [4.69, 9.17) is 17.3 Å². The van der Waals surface area contributed by atoms with Crippen LogP contribution in [0.15, 0.2) is 29.6 Å². The number of hydrogen-bond acceptors (Lipinski definition) is 4. The molecule has 0 saturated carbocycles. The average Bonchev–Trinajstić information content (AvgIpc) is 2.95. The number of amides is 1. The average molecular weight is 324 g/mol. The van der Waals surface area contributed by atoms with Gasteiger partial charge < -0.3 is 11.1 Å². The van der Waals surface area contributed by atoms with Crippen LogP contribution in [0.4, 0.5) is 0 Å². The van der Waals surface area contributed by atoms with Gasteiger partial charge in [0, 0.05) is 16.9 Å². The molecule has 0 saturated heterocycles. The van der Waals surface area contributed by atoms with Crippen molar-refractivity contribution < 1.29 is 4.79 Å². The summed E-state index contributed by atoms with van der Waals surface area (Å²) in [5, 5.41) is 6.05. The van der Waals surface area contributed by atoms with Gasteiger partial charge in [-0.25, -0.2) is 4.98 Å². The summed E-state index contributed by atoms with van der Waals surface area (Å²) in [6, 6.07) is 7.30. The van der Waals surface area contributed by atoms with Crippen molar-refractivity contribution >= 4 is 28.8 Å². The third kappa shape index (κ3) is 4.52. The van der Waals surface area contributed by atoms with Crippen LogP contribution in [0.2, 0.25) is 5.02 Å². The maximum atomic E-state index is 12.1. The minimum absolute atomic E-state index is 0.0884. The van der Waals surface area contributed by atoms with Gasteiger partial charge in [0.1, 0.15) is 10.7 Å². The molecule has 0 fully saturated rings. The minimum Gasteiger partial charge on any atom is -0.347 e. The highest BCUT2D eigenvalue weighted by atomic mass is 35.5. The molecule has 0 aliphatic rings. The number of thiazole rings is 1. The molecule has 2 rings (SSSR count). The fourth-order valence-corrected chi connectivity index (χ4v) is 2.97. The van der Waals surface area contributed by atoms with Crippen molar-refractivity contribution in [2.24, 2.45) is 5.73 Å². The molecule has 3 N–H and O–H groups in total. The third-order valence-corrected chi connectivity index (χ3v) is 4.23. The number of hydrogen-bond donors (Lipinski definition) is 2. The molecule has 112 valence electrons. The second-order valence-corrected chi connectivity index (χ2v) is 6.10. The van der Waals surface area contributed by atoms with E-state index in [1.54, 1.807) is 11.4 Å². The number of halogens is 1. The molecule has 6 heteroatoms. The van der Waals surface area contributed by atoms with Crippen LogP contribution < -0.4 is 11.1 Å². The Morgan fingerprint density at radius 2 is 2.33 bits per heavy atom. The number of nitrogens with one attached hydrogen (secondary N) is 1. The lowest BCUT2D eigenvalue weighted by Gasteiger charge is -2.05. The Kier molecular flexibility index (Phi) is 5.73. The van der Waals surface area contributed by atoms with Gasteiger partial charge >= 0.3 is 0 Å². The lowest BCUT2D eigenvalue weighted by atomic mass is 10.2. The maximum Gasteiger partial charge on any atom is 0.271 e. The number of nitrogens with zero attached hydrogens (tertiary/aromatic N) is 1. The van der Waals surface area contributed by atoms with Gasteiger partial charge in [-0.05, 0) is 24.1 Å². The number of carbonyl (C=O) groups excluding carboxylic acids is 1. The van der Waals surface area contributed by atoms with E-state index in [9.17, 15) is 4.79 Å². The summed E-state index contributed by atoms with van der Waals surface area (Å²) in [6.45, 7) is 2.50. The van der Waals surface area contributed by atoms with Gasteiger partial charge in [-0.15, -0.1) is 11.3 Å². The molecule has 1 unspecified atom stereocenters. The van der Waals surface area contributed by atoms with E-state index in [1.165, 1.54) is 11.3 Å². The summed E-state index contributed by atoms with van der Waals surface area (Å²) >= 11 is 7.34. The standard InChI is InChI=1S/C15H18ClN3OS/c1-2-4-12(17)15-19-13(9-21-15)14(20)18-8-10-5-3-6-11(16)7-10/h3,5-7,9,12H,2,4,8,17H2,1H3,(H,18,20). The van der Waals surface area contributed by atoms with E-state index < -0.39 is 0 Å². The van der Waals surface area contributed by atoms with Gasteiger partial charge in [0.2, 0.25) is 0 Å². The Labute approximate surface area is 133 Å². The van der Waals surface area contributed by atoms with Crippen LogP contribution in [-0.4, -0.2) is 10.9 Å². The van der Waals surface area contributed by atoms with Crippen LogP contribution in [-0.2, 0) is 6.54 Å². The van der Waals surface area contributed by atoms with Gasteiger partial charge in [-0.2, -0.15) is 0 Å². The van der Waals surface area contributed by atoms with Crippen molar-refractivity contribution in [3.05, 3.63) is 50.9 Å². The molecule has 21 heavy (non-hydrogen) atoms. The third-order valence-electron chi connectivity index (χ3n) is 3.01. The first-order valence-corrected chi connectivity index (χ1v) is 8.09. The quantitative estimate of drug-likeness (QED) is 0.854. The zero-order chi connectivity index (χ0) is 15.2. The first-order valence-electron chi connectivity index (χ1n) is 6.83. The molecule has 0 radical (unpaired) electrons. The summed E-state index contributed by atoms with van der Waals surface area (Å²) in [5.74, 6) is -0.193. The topological polar surface area (TPSA) is 68.0 Å². The predicted molar refractivity (Wildman–Crippen MR) is 86.6 cm³/mol. The number of nitrogens with two attached hydrogens (primary N) is 1. The number of carbonyl (C=O) groups is 1. The number of rotatable bonds is 6. The molecule has 1 aromatic carbocycles. The molecule has 0 aliphatic heterocycles. The first kappa shape index (κ1) is 15.9. The molecule has 4 nitrogen and oxygen atoms in total. The van der Waals surface area contributed by atoms with Crippen LogP contribution in [0.25, 0.3) is 0 Å². The van der Waals surface area contributed by atoms with Crippen molar-refractivity contribution in [1.82, 2.24) is 10.3 Å². The van der Waals surface area contributed by atoms with E-state index in [0.29, 0.717) is 17.3 Å². The number of aromatic nitrogens is 1. The summed E-state index contributed by atoms with van der Waals surface area (Å²) < 4.78 is 0. The van der Waals surface area contributed by atoms with Crippen LogP contribution in [0, 0.1) is 0 Å². The summed E-state index contributed by atoms with van der Waals surface area (Å²) in [6.07, 6.45) is 1.87. The van der Waals surface area contributed by atoms with Crippen LogP contribution >= 0.6 is 22.9 Å². The lowest BCUT2D eigenvalue weighted by molar-refractivity contribution is 0.0946. The Morgan fingerprint density at radius 3 is 3.05 bits per heavy atom. The van der Waals surface area contributed by atoms with Gasteiger partial charge in [-0.3, -0.25) is 4.79 Å². The van der Waals surface area contributed by atoms with Crippen molar-refractivity contribution in [1.29, 1.82) is 0 Å². The monoisotopic (exact) mass is 323 g/mol. The highest BCUT2D eigenvalue weighted by molar-refractivity contribution is 7.09. The molecular weight excluding hydrogens is 306 g/mol. The van der Waals surface area contributed by atoms with Crippen LogP contribution in [0.5, 0.6) is 0 Å². The highest BCUT2D eigenvalue weighted by Crippen LogP contribution is 2.20. The molecule has 2 aromatic rings. The summed E-state index contributed by atoms with van der Waals surface area (Å²) in [4.78, 5) is 16.4. The number of benzene rings is 1. The van der Waals surface area contributed by atoms with E-state index in [2.05, 4.69) is 17.2 Å². The van der Waals surface area contributed by atoms with Crippen LogP contribution in [0.3, 0.4) is 0 Å². The SMILES string of the molecule is CCCC(N)c1nc(C(=O)NCc2cccc(Cl)c2)cs1. The molecule has 1 atom stereocenters.